The maximum absolute atomic E-state index is 12.5. The number of methoxy groups -OCH3 is 1. The zero-order chi connectivity index (χ0) is 15.9. The molecule has 7 heteroatoms. The van der Waals surface area contributed by atoms with Gasteiger partial charge in [0.25, 0.3) is 0 Å². The Labute approximate surface area is 128 Å². The van der Waals surface area contributed by atoms with Crippen molar-refractivity contribution in [1.29, 1.82) is 0 Å². The van der Waals surface area contributed by atoms with E-state index < -0.39 is 6.61 Å². The highest BCUT2D eigenvalue weighted by molar-refractivity contribution is 5.79. The zero-order valence-corrected chi connectivity index (χ0v) is 12.7. The molecule has 0 amide bonds. The van der Waals surface area contributed by atoms with Crippen LogP contribution in [0.1, 0.15) is 18.4 Å². The number of halogens is 2. The van der Waals surface area contributed by atoms with Crippen LogP contribution in [0.25, 0.3) is 0 Å². The monoisotopic (exact) mass is 313 g/mol. The van der Waals surface area contributed by atoms with Crippen LogP contribution < -0.4 is 20.1 Å². The maximum Gasteiger partial charge on any atom is 0.387 e. The molecule has 1 aromatic carbocycles. The number of benzene rings is 1. The molecule has 0 bridgehead atoms. The predicted molar refractivity (Wildman–Crippen MR) is 80.6 cm³/mol. The number of rotatable bonds is 7. The molecule has 0 unspecified atom stereocenters. The van der Waals surface area contributed by atoms with E-state index in [9.17, 15) is 8.78 Å². The maximum atomic E-state index is 12.5. The molecule has 1 saturated carbocycles. The van der Waals surface area contributed by atoms with E-state index in [2.05, 4.69) is 20.4 Å². The van der Waals surface area contributed by atoms with E-state index in [-0.39, 0.29) is 5.75 Å². The Balaban J connectivity index is 1.98. The van der Waals surface area contributed by atoms with Crippen LogP contribution in [-0.4, -0.2) is 33.3 Å². The molecule has 0 saturated heterocycles. The third-order valence-corrected chi connectivity index (χ3v) is 3.41. The van der Waals surface area contributed by atoms with Gasteiger partial charge >= 0.3 is 6.61 Å². The molecule has 0 aromatic heterocycles. The lowest BCUT2D eigenvalue weighted by Gasteiger charge is -2.15. The minimum absolute atomic E-state index is 0.126. The lowest BCUT2D eigenvalue weighted by molar-refractivity contribution is -0.0504. The van der Waals surface area contributed by atoms with Gasteiger partial charge in [-0.3, -0.25) is 4.99 Å². The molecule has 0 heterocycles. The van der Waals surface area contributed by atoms with Crippen LogP contribution in [0.4, 0.5) is 8.78 Å². The van der Waals surface area contributed by atoms with Crippen LogP contribution in [-0.2, 0) is 6.54 Å². The summed E-state index contributed by atoms with van der Waals surface area (Å²) in [4.78, 5) is 4.11. The van der Waals surface area contributed by atoms with Gasteiger partial charge in [-0.1, -0.05) is 0 Å². The molecule has 1 fully saturated rings. The number of alkyl halides is 2. The first-order chi connectivity index (χ1) is 10.6. The minimum Gasteiger partial charge on any atom is -0.497 e. The Morgan fingerprint density at radius 3 is 2.73 bits per heavy atom. The first-order valence-electron chi connectivity index (χ1n) is 7.18. The minimum atomic E-state index is -2.86. The van der Waals surface area contributed by atoms with Crippen molar-refractivity contribution in [3.63, 3.8) is 0 Å². The molecule has 0 spiro atoms. The van der Waals surface area contributed by atoms with Crippen molar-refractivity contribution in [3.05, 3.63) is 23.8 Å². The van der Waals surface area contributed by atoms with Crippen molar-refractivity contribution in [2.75, 3.05) is 20.7 Å². The highest BCUT2D eigenvalue weighted by Gasteiger charge is 2.21. The number of guanidine groups is 1. The van der Waals surface area contributed by atoms with Crippen molar-refractivity contribution >= 4 is 5.96 Å². The highest BCUT2D eigenvalue weighted by atomic mass is 19.3. The standard InChI is InChI=1S/C15H21F2N3O2/c1-18-15(19-8-10-3-4-10)20-9-11-7-12(21-2)5-6-13(11)22-14(16)17/h5-7,10,14H,3-4,8-9H2,1-2H3,(H2,18,19,20). The normalized spacial score (nSPS) is 14.9. The van der Waals surface area contributed by atoms with E-state index in [0.29, 0.717) is 29.7 Å². The molecular weight excluding hydrogens is 292 g/mol. The van der Waals surface area contributed by atoms with Gasteiger partial charge in [0.05, 0.1) is 7.11 Å². The quantitative estimate of drug-likeness (QED) is 0.599. The van der Waals surface area contributed by atoms with Gasteiger partial charge in [0.1, 0.15) is 11.5 Å². The summed E-state index contributed by atoms with van der Waals surface area (Å²) in [5, 5.41) is 6.30. The summed E-state index contributed by atoms with van der Waals surface area (Å²) in [6.45, 7) is -1.68. The third kappa shape index (κ3) is 5.05. The fraction of sp³-hybridized carbons (Fsp3) is 0.533. The third-order valence-electron chi connectivity index (χ3n) is 3.41. The number of nitrogens with one attached hydrogen (secondary N) is 2. The van der Waals surface area contributed by atoms with Crippen LogP contribution in [0.5, 0.6) is 11.5 Å². The first kappa shape index (κ1) is 16.3. The summed E-state index contributed by atoms with van der Waals surface area (Å²) >= 11 is 0. The molecule has 0 aliphatic heterocycles. The lowest BCUT2D eigenvalue weighted by atomic mass is 10.2. The zero-order valence-electron chi connectivity index (χ0n) is 12.7. The van der Waals surface area contributed by atoms with Crippen molar-refractivity contribution in [1.82, 2.24) is 10.6 Å². The van der Waals surface area contributed by atoms with Gasteiger partial charge in [-0.25, -0.2) is 0 Å². The van der Waals surface area contributed by atoms with Gasteiger partial charge in [-0.15, -0.1) is 0 Å². The van der Waals surface area contributed by atoms with Crippen molar-refractivity contribution < 1.29 is 18.3 Å². The van der Waals surface area contributed by atoms with Gasteiger partial charge in [-0.2, -0.15) is 8.78 Å². The van der Waals surface area contributed by atoms with Gasteiger partial charge in [0.15, 0.2) is 5.96 Å². The number of hydrogen-bond donors (Lipinski definition) is 2. The molecule has 2 rings (SSSR count). The molecule has 0 atom stereocenters. The molecule has 0 radical (unpaired) electrons. The van der Waals surface area contributed by atoms with Crippen LogP contribution in [0.15, 0.2) is 23.2 Å². The van der Waals surface area contributed by atoms with E-state index in [1.165, 1.54) is 26.0 Å². The average molecular weight is 313 g/mol. The largest absolute Gasteiger partial charge is 0.497 e. The summed E-state index contributed by atoms with van der Waals surface area (Å²) < 4.78 is 34.6. The fourth-order valence-electron chi connectivity index (χ4n) is 1.99. The number of hydrogen-bond acceptors (Lipinski definition) is 3. The van der Waals surface area contributed by atoms with Crippen LogP contribution in [0.3, 0.4) is 0 Å². The second-order valence-electron chi connectivity index (χ2n) is 5.10. The molecule has 1 aromatic rings. The van der Waals surface area contributed by atoms with Crippen LogP contribution in [0.2, 0.25) is 0 Å². The molecule has 5 nitrogen and oxygen atoms in total. The van der Waals surface area contributed by atoms with E-state index in [1.54, 1.807) is 19.2 Å². The first-order valence-corrected chi connectivity index (χ1v) is 7.18. The van der Waals surface area contributed by atoms with Gasteiger partial charge in [0.2, 0.25) is 0 Å². The van der Waals surface area contributed by atoms with E-state index >= 15 is 0 Å². The number of aliphatic imine (C=N–C) groups is 1. The summed E-state index contributed by atoms with van der Waals surface area (Å²) in [5.74, 6) is 2.06. The van der Waals surface area contributed by atoms with Crippen LogP contribution in [0, 0.1) is 5.92 Å². The number of ether oxygens (including phenoxy) is 2. The van der Waals surface area contributed by atoms with Crippen molar-refractivity contribution in [2.45, 2.75) is 26.0 Å². The van der Waals surface area contributed by atoms with E-state index in [1.807, 2.05) is 0 Å². The van der Waals surface area contributed by atoms with Gasteiger partial charge in [0, 0.05) is 25.7 Å². The Bertz CT molecular complexity index is 520. The Morgan fingerprint density at radius 1 is 1.36 bits per heavy atom. The lowest BCUT2D eigenvalue weighted by Crippen LogP contribution is -2.37. The molecule has 1 aliphatic carbocycles. The summed E-state index contributed by atoms with van der Waals surface area (Å²) in [7, 11) is 3.20. The molecule has 22 heavy (non-hydrogen) atoms. The summed E-state index contributed by atoms with van der Waals surface area (Å²) in [6, 6.07) is 4.72. The smallest absolute Gasteiger partial charge is 0.387 e. The second kappa shape index (κ2) is 7.82. The Kier molecular flexibility index (Phi) is 5.80. The molecule has 122 valence electrons. The van der Waals surface area contributed by atoms with Gasteiger partial charge < -0.3 is 20.1 Å². The predicted octanol–water partition coefficient (Wildman–Crippen LogP) is 2.37. The molecule has 2 N–H and O–H groups in total. The van der Waals surface area contributed by atoms with Crippen molar-refractivity contribution in [2.24, 2.45) is 10.9 Å². The van der Waals surface area contributed by atoms with Crippen LogP contribution >= 0.6 is 0 Å². The average Bonchev–Trinajstić information content (AvgIpc) is 3.32. The second-order valence-corrected chi connectivity index (χ2v) is 5.10. The topological polar surface area (TPSA) is 54.9 Å². The SMILES string of the molecule is CN=C(NCc1cc(OC)ccc1OC(F)F)NCC1CC1. The molecular formula is C15H21F2N3O2. The Morgan fingerprint density at radius 2 is 2.14 bits per heavy atom. The number of nitrogens with zero attached hydrogens (tertiary/aromatic N) is 1. The highest BCUT2D eigenvalue weighted by Crippen LogP contribution is 2.27. The summed E-state index contributed by atoms with van der Waals surface area (Å²) in [6.07, 6.45) is 2.48. The Hall–Kier alpha value is -2.05. The summed E-state index contributed by atoms with van der Waals surface area (Å²) in [5.41, 5.74) is 0.578. The van der Waals surface area contributed by atoms with E-state index in [4.69, 9.17) is 4.74 Å². The van der Waals surface area contributed by atoms with Gasteiger partial charge in [-0.05, 0) is 37.0 Å². The molecule has 1 aliphatic rings. The van der Waals surface area contributed by atoms with Crippen molar-refractivity contribution in [3.8, 4) is 11.5 Å². The van der Waals surface area contributed by atoms with E-state index in [0.717, 1.165) is 6.54 Å². The fourth-order valence-corrected chi connectivity index (χ4v) is 1.99.